The van der Waals surface area contributed by atoms with Crippen molar-refractivity contribution in [2.24, 2.45) is 0 Å². The highest BCUT2D eigenvalue weighted by Gasteiger charge is 2.15. The summed E-state index contributed by atoms with van der Waals surface area (Å²) in [5.41, 5.74) is 0.276. The molecule has 0 fully saturated rings. The summed E-state index contributed by atoms with van der Waals surface area (Å²) in [4.78, 5) is 13.3. The quantitative estimate of drug-likeness (QED) is 0.676. The van der Waals surface area contributed by atoms with Crippen LogP contribution >= 0.6 is 12.6 Å². The van der Waals surface area contributed by atoms with Crippen LogP contribution in [-0.2, 0) is 0 Å². The summed E-state index contributed by atoms with van der Waals surface area (Å²) < 4.78 is 13.0. The van der Waals surface area contributed by atoms with Crippen LogP contribution in [0.1, 0.15) is 10.4 Å². The lowest BCUT2D eigenvalue weighted by atomic mass is 10.2. The van der Waals surface area contributed by atoms with Gasteiger partial charge in [0.2, 0.25) is 0 Å². The summed E-state index contributed by atoms with van der Waals surface area (Å²) in [5.74, 6) is -0.871. The lowest BCUT2D eigenvalue weighted by molar-refractivity contribution is 0.0684. The number of nitrogens with zero attached hydrogens (tertiary/aromatic N) is 1. The number of carbonyl (C=O) groups is 1. The van der Waals surface area contributed by atoms with Gasteiger partial charge in [-0.1, -0.05) is 0 Å². The van der Waals surface area contributed by atoms with Gasteiger partial charge < -0.3 is 15.1 Å². The minimum Gasteiger partial charge on any atom is -0.395 e. The van der Waals surface area contributed by atoms with Gasteiger partial charge in [0.05, 0.1) is 13.2 Å². The first-order chi connectivity index (χ1) is 8.10. The molecule has 2 N–H and O–H groups in total. The van der Waals surface area contributed by atoms with Crippen molar-refractivity contribution in [3.63, 3.8) is 0 Å². The molecule has 0 heterocycles. The van der Waals surface area contributed by atoms with Crippen molar-refractivity contribution in [2.75, 3.05) is 26.3 Å². The van der Waals surface area contributed by atoms with Crippen molar-refractivity contribution in [2.45, 2.75) is 4.90 Å². The van der Waals surface area contributed by atoms with E-state index in [9.17, 15) is 9.18 Å². The molecule has 1 amide bonds. The minimum absolute atomic E-state index is 0.0868. The third kappa shape index (κ3) is 3.69. The molecule has 0 aliphatic rings. The summed E-state index contributed by atoms with van der Waals surface area (Å²) in [6, 6.07) is 3.83. The number of rotatable bonds is 5. The second kappa shape index (κ2) is 6.58. The molecule has 0 saturated heterocycles. The Labute approximate surface area is 104 Å². The van der Waals surface area contributed by atoms with Gasteiger partial charge in [-0.3, -0.25) is 4.79 Å². The third-order valence-electron chi connectivity index (χ3n) is 2.22. The number of amides is 1. The van der Waals surface area contributed by atoms with Crippen molar-refractivity contribution >= 4 is 18.5 Å². The first-order valence-corrected chi connectivity index (χ1v) is 5.54. The maximum absolute atomic E-state index is 13.0. The minimum atomic E-state index is -0.499. The highest BCUT2D eigenvalue weighted by molar-refractivity contribution is 7.80. The number of benzene rings is 1. The zero-order valence-corrected chi connectivity index (χ0v) is 10.0. The smallest absolute Gasteiger partial charge is 0.254 e. The van der Waals surface area contributed by atoms with Crippen LogP contribution in [0, 0.1) is 5.82 Å². The van der Waals surface area contributed by atoms with Crippen LogP contribution in [0.4, 0.5) is 4.39 Å². The van der Waals surface area contributed by atoms with E-state index in [1.54, 1.807) is 0 Å². The van der Waals surface area contributed by atoms with Gasteiger partial charge >= 0.3 is 0 Å². The lowest BCUT2D eigenvalue weighted by Gasteiger charge is -2.20. The average Bonchev–Trinajstić information content (AvgIpc) is 2.31. The molecule has 0 aliphatic carbocycles. The van der Waals surface area contributed by atoms with Crippen LogP contribution in [0.15, 0.2) is 23.1 Å². The molecule has 1 rings (SSSR count). The molecule has 0 unspecified atom stereocenters. The van der Waals surface area contributed by atoms with E-state index in [4.69, 9.17) is 10.2 Å². The number of aliphatic hydroxyl groups excluding tert-OH is 2. The summed E-state index contributed by atoms with van der Waals surface area (Å²) in [6.45, 7) is -0.140. The summed E-state index contributed by atoms with van der Waals surface area (Å²) in [6.07, 6.45) is 0. The van der Waals surface area contributed by atoms with Gasteiger partial charge in [-0.2, -0.15) is 0 Å². The van der Waals surface area contributed by atoms with E-state index in [0.717, 1.165) is 6.07 Å². The highest BCUT2D eigenvalue weighted by Crippen LogP contribution is 2.15. The van der Waals surface area contributed by atoms with Crippen LogP contribution in [0.2, 0.25) is 0 Å². The van der Waals surface area contributed by atoms with Crippen LogP contribution in [0.5, 0.6) is 0 Å². The first kappa shape index (κ1) is 14.0. The molecule has 0 atom stereocenters. The topological polar surface area (TPSA) is 60.8 Å². The number of aliphatic hydroxyl groups is 2. The highest BCUT2D eigenvalue weighted by atomic mass is 32.1. The number of thiol groups is 1. The largest absolute Gasteiger partial charge is 0.395 e. The molecule has 94 valence electrons. The van der Waals surface area contributed by atoms with E-state index in [1.807, 2.05) is 0 Å². The van der Waals surface area contributed by atoms with E-state index in [1.165, 1.54) is 17.0 Å². The van der Waals surface area contributed by atoms with Crippen LogP contribution < -0.4 is 0 Å². The van der Waals surface area contributed by atoms with E-state index in [-0.39, 0.29) is 42.7 Å². The molecule has 0 radical (unpaired) electrons. The second-order valence-corrected chi connectivity index (χ2v) is 3.89. The fourth-order valence-electron chi connectivity index (χ4n) is 1.38. The first-order valence-electron chi connectivity index (χ1n) is 5.09. The Morgan fingerprint density at radius 1 is 1.29 bits per heavy atom. The van der Waals surface area contributed by atoms with Crippen molar-refractivity contribution in [3.8, 4) is 0 Å². The molecule has 0 aliphatic heterocycles. The van der Waals surface area contributed by atoms with Crippen LogP contribution in [0.3, 0.4) is 0 Å². The molecular formula is C11H14FNO3S. The van der Waals surface area contributed by atoms with Gasteiger partial charge in [0, 0.05) is 23.5 Å². The Hall–Kier alpha value is -1.11. The van der Waals surface area contributed by atoms with Crippen molar-refractivity contribution in [1.29, 1.82) is 0 Å². The molecule has 17 heavy (non-hydrogen) atoms. The predicted octanol–water partition coefficient (Wildman–Crippen LogP) is 0.541. The van der Waals surface area contributed by atoms with Crippen LogP contribution in [-0.4, -0.2) is 47.3 Å². The maximum atomic E-state index is 13.0. The van der Waals surface area contributed by atoms with Crippen molar-refractivity contribution in [3.05, 3.63) is 29.6 Å². The van der Waals surface area contributed by atoms with Gasteiger partial charge in [-0.15, -0.1) is 12.6 Å². The predicted molar refractivity (Wildman–Crippen MR) is 63.7 cm³/mol. The number of hydrogen-bond acceptors (Lipinski definition) is 4. The molecule has 6 heteroatoms. The normalized spacial score (nSPS) is 10.4. The number of carbonyl (C=O) groups excluding carboxylic acids is 1. The van der Waals surface area contributed by atoms with E-state index < -0.39 is 5.82 Å². The second-order valence-electron chi connectivity index (χ2n) is 3.41. The van der Waals surface area contributed by atoms with Gasteiger partial charge in [0.1, 0.15) is 5.82 Å². The Kier molecular flexibility index (Phi) is 5.40. The average molecular weight is 259 g/mol. The summed E-state index contributed by atoms with van der Waals surface area (Å²) in [5, 5.41) is 17.6. The van der Waals surface area contributed by atoms with E-state index >= 15 is 0 Å². The molecule has 1 aromatic carbocycles. The van der Waals surface area contributed by atoms with Crippen molar-refractivity contribution in [1.82, 2.24) is 4.90 Å². The van der Waals surface area contributed by atoms with Gasteiger partial charge in [0.15, 0.2) is 0 Å². The zero-order chi connectivity index (χ0) is 12.8. The molecule has 0 aromatic heterocycles. The Morgan fingerprint density at radius 3 is 2.35 bits per heavy atom. The molecular weight excluding hydrogens is 245 g/mol. The molecule has 0 bridgehead atoms. The standard InChI is InChI=1S/C11H14FNO3S/c12-9-2-1-8(7-10(9)17)11(16)13(3-5-14)4-6-15/h1-2,7,14-15,17H,3-6H2. The number of hydrogen-bond donors (Lipinski definition) is 3. The Morgan fingerprint density at radius 2 is 1.88 bits per heavy atom. The maximum Gasteiger partial charge on any atom is 0.254 e. The zero-order valence-electron chi connectivity index (χ0n) is 9.14. The van der Waals surface area contributed by atoms with Crippen molar-refractivity contribution < 1.29 is 19.4 Å². The molecule has 1 aromatic rings. The van der Waals surface area contributed by atoms with E-state index in [2.05, 4.69) is 12.6 Å². The molecule has 0 spiro atoms. The summed E-state index contributed by atoms with van der Waals surface area (Å²) in [7, 11) is 0. The Balaban J connectivity index is 2.88. The molecule has 4 nitrogen and oxygen atoms in total. The van der Waals surface area contributed by atoms with Gasteiger partial charge in [-0.25, -0.2) is 4.39 Å². The van der Waals surface area contributed by atoms with Crippen LogP contribution in [0.25, 0.3) is 0 Å². The summed E-state index contributed by atoms with van der Waals surface area (Å²) >= 11 is 3.89. The van der Waals surface area contributed by atoms with Gasteiger partial charge in [-0.05, 0) is 18.2 Å². The molecule has 0 saturated carbocycles. The Bertz CT molecular complexity index is 394. The lowest BCUT2D eigenvalue weighted by Crippen LogP contribution is -2.35. The fraction of sp³-hybridized carbons (Fsp3) is 0.364. The monoisotopic (exact) mass is 259 g/mol. The van der Waals surface area contributed by atoms with E-state index in [0.29, 0.717) is 0 Å². The SMILES string of the molecule is O=C(c1ccc(F)c(S)c1)N(CCO)CCO. The number of halogens is 1. The third-order valence-corrected chi connectivity index (χ3v) is 2.56. The van der Waals surface area contributed by atoms with Gasteiger partial charge in [0.25, 0.3) is 5.91 Å². The fourth-order valence-corrected chi connectivity index (χ4v) is 1.60.